The van der Waals surface area contributed by atoms with E-state index in [2.05, 4.69) is 0 Å². The summed E-state index contributed by atoms with van der Waals surface area (Å²) in [5.41, 5.74) is 0. The van der Waals surface area contributed by atoms with Crippen LogP contribution >= 0.6 is 0 Å². The van der Waals surface area contributed by atoms with Crippen LogP contribution in [0.4, 0.5) is 0 Å². The van der Waals surface area contributed by atoms with Crippen molar-refractivity contribution in [2.75, 3.05) is 0 Å². The van der Waals surface area contributed by atoms with Crippen molar-refractivity contribution in [1.82, 2.24) is 0 Å². The topological polar surface area (TPSA) is 0 Å². The summed E-state index contributed by atoms with van der Waals surface area (Å²) in [5.74, 6) is 0. The third kappa shape index (κ3) is 8.82. The van der Waals surface area contributed by atoms with Gasteiger partial charge in [-0.15, -0.1) is 0 Å². The molecule has 0 aromatic heterocycles. The van der Waals surface area contributed by atoms with E-state index in [0.29, 0.717) is 0 Å². The Morgan fingerprint density at radius 1 is 1.25 bits per heavy atom. The van der Waals surface area contributed by atoms with Crippen LogP contribution in [0, 0.1) is 0 Å². The molecule has 0 spiro atoms. The van der Waals surface area contributed by atoms with Crippen molar-refractivity contribution < 1.29 is 43.1 Å². The van der Waals surface area contributed by atoms with E-state index in [4.69, 9.17) is 0 Å². The fraction of sp³-hybridized carbons (Fsp3) is 0. The molecule has 0 bridgehead atoms. The van der Waals surface area contributed by atoms with Crippen LogP contribution in [0.1, 0.15) is 2.85 Å². The van der Waals surface area contributed by atoms with Gasteiger partial charge in [0.15, 0.2) is 17.4 Å². The quantitative estimate of drug-likeness (QED) is 0.380. The van der Waals surface area contributed by atoms with E-state index < -0.39 is 0 Å². The molecule has 0 amide bonds. The minimum Gasteiger partial charge on any atom is -1.00 e. The fourth-order valence-electron chi connectivity index (χ4n) is 0. The number of hydrogen-bond acceptors (Lipinski definition) is 0. The molecule has 1 radical (unpaired) electrons. The van der Waals surface area contributed by atoms with Crippen LogP contribution in [-0.2, 0) is 40.3 Å². The Morgan fingerprint density at radius 3 is 1.25 bits per heavy atom. The van der Waals surface area contributed by atoms with Crippen molar-refractivity contribution in [3.05, 3.63) is 0 Å². The van der Waals surface area contributed by atoms with Crippen LogP contribution in [0.2, 0.25) is 0 Å². The van der Waals surface area contributed by atoms with Crippen LogP contribution in [0.25, 0.3) is 0 Å². The molecule has 0 heterocycles. The van der Waals surface area contributed by atoms with Crippen LogP contribution in [0.3, 0.4) is 0 Å². The van der Waals surface area contributed by atoms with E-state index >= 15 is 0 Å². The Bertz CT molecular complexity index is 13.5. The molecule has 0 aliphatic carbocycles. The third-order valence-electron chi connectivity index (χ3n) is 0. The maximum Gasteiger partial charge on any atom is 2.00 e. The molecule has 0 fully saturated rings. The van der Waals surface area contributed by atoms with Crippen molar-refractivity contribution in [3.63, 3.8) is 0 Å². The molecule has 0 saturated heterocycles. The smallest absolute Gasteiger partial charge is 1.00 e. The number of rotatable bonds is 0. The van der Waals surface area contributed by atoms with Gasteiger partial charge in [-0.1, -0.05) is 0 Å². The molecule has 0 aliphatic rings. The van der Waals surface area contributed by atoms with Crippen LogP contribution in [0.15, 0.2) is 0 Å². The van der Waals surface area contributed by atoms with Crippen LogP contribution < -0.4 is 0 Å². The standard InChI is InChI=1S/Al.Mg.Ti.V.5H/q;+2;;;;;;2*-1. The summed E-state index contributed by atoms with van der Waals surface area (Å²) in [4.78, 5) is 0. The van der Waals surface area contributed by atoms with Gasteiger partial charge in [-0.3, -0.25) is 0 Å². The van der Waals surface area contributed by atoms with Gasteiger partial charge in [-0.2, -0.15) is 0 Å². The molecule has 0 N–H and O–H groups in total. The van der Waals surface area contributed by atoms with Gasteiger partial charge < -0.3 is 2.85 Å². The molecule has 0 aromatic rings. The summed E-state index contributed by atoms with van der Waals surface area (Å²) in [6.07, 6.45) is 0. The first kappa shape index (κ1) is 30.6. The zero-order valence-corrected chi connectivity index (χ0v) is 6.03. The Kier molecular flexibility index (Phi) is 134. The Morgan fingerprint density at radius 2 is 1.25 bits per heavy atom. The van der Waals surface area contributed by atoms with Crippen molar-refractivity contribution in [3.8, 4) is 0 Å². The summed E-state index contributed by atoms with van der Waals surface area (Å²) in [5, 5.41) is 0. The van der Waals surface area contributed by atoms with Gasteiger partial charge in [-0.25, -0.2) is 0 Å². The summed E-state index contributed by atoms with van der Waals surface area (Å²) < 4.78 is 0. The van der Waals surface area contributed by atoms with Gasteiger partial charge in [0, 0.05) is 40.3 Å². The Balaban J connectivity index is 0. The first-order valence-electron chi connectivity index (χ1n) is 0. The molecule has 19 valence electrons. The normalized spacial score (nSPS) is 0. The number of hydrogen-bond donors (Lipinski definition) is 0. The molecule has 4 heavy (non-hydrogen) atoms. The monoisotopic (exact) mass is 155 g/mol. The zero-order chi connectivity index (χ0) is 0. The van der Waals surface area contributed by atoms with E-state index in [1.54, 1.807) is 0 Å². The second-order valence-corrected chi connectivity index (χ2v) is 0. The Hall–Kier alpha value is 2.60. The van der Waals surface area contributed by atoms with Gasteiger partial charge >= 0.3 is 23.1 Å². The first-order chi connectivity index (χ1) is 0. The molecular weight excluding hydrogens is 150 g/mol. The summed E-state index contributed by atoms with van der Waals surface area (Å²) in [7, 11) is 0. The van der Waals surface area contributed by atoms with Crippen molar-refractivity contribution in [1.29, 1.82) is 0 Å². The summed E-state index contributed by atoms with van der Waals surface area (Å²) in [6, 6.07) is 0. The van der Waals surface area contributed by atoms with E-state index in [0.717, 1.165) is 0 Å². The molecule has 0 unspecified atom stereocenters. The summed E-state index contributed by atoms with van der Waals surface area (Å²) >= 11 is 0. The molecule has 4 heteroatoms. The van der Waals surface area contributed by atoms with Crippen LogP contribution in [-0.4, -0.2) is 40.4 Å². The minimum absolute atomic E-state index is 0. The fourth-order valence-corrected chi connectivity index (χ4v) is 0. The molecular formula is H5AlMgTiV. The predicted molar refractivity (Wildman–Crippen MR) is 17.9 cm³/mol. The SMILES string of the molecule is [AlH3].[H-].[H-].[Mg+2].[Ti].[V]. The minimum atomic E-state index is 0. The van der Waals surface area contributed by atoms with Gasteiger partial charge in [0.05, 0.1) is 0 Å². The molecule has 0 atom stereocenters. The second-order valence-electron chi connectivity index (χ2n) is 0. The molecule has 0 nitrogen and oxygen atoms in total. The maximum atomic E-state index is 0. The average Bonchev–Trinajstić information content (AvgIpc) is 0. The van der Waals surface area contributed by atoms with Gasteiger partial charge in [-0.05, 0) is 0 Å². The predicted octanol–water partition coefficient (Wildman–Crippen LogP) is -1.34. The molecule has 0 saturated carbocycles. The van der Waals surface area contributed by atoms with E-state index in [-0.39, 0.29) is 83.5 Å². The molecule has 0 rings (SSSR count). The van der Waals surface area contributed by atoms with Crippen LogP contribution in [0.5, 0.6) is 0 Å². The van der Waals surface area contributed by atoms with Gasteiger partial charge in [0.25, 0.3) is 0 Å². The van der Waals surface area contributed by atoms with Crippen molar-refractivity contribution in [2.45, 2.75) is 0 Å². The Labute approximate surface area is 82.5 Å². The van der Waals surface area contributed by atoms with E-state index in [1.165, 1.54) is 0 Å². The van der Waals surface area contributed by atoms with Crippen molar-refractivity contribution in [2.24, 2.45) is 0 Å². The van der Waals surface area contributed by atoms with Crippen molar-refractivity contribution >= 4 is 40.4 Å². The third-order valence-corrected chi connectivity index (χ3v) is 0. The summed E-state index contributed by atoms with van der Waals surface area (Å²) in [6.45, 7) is 0. The largest absolute Gasteiger partial charge is 2.00 e. The van der Waals surface area contributed by atoms with E-state index in [9.17, 15) is 0 Å². The first-order valence-corrected chi connectivity index (χ1v) is 0. The molecule has 0 aromatic carbocycles. The maximum absolute atomic E-state index is 0. The van der Waals surface area contributed by atoms with E-state index in [1.807, 2.05) is 0 Å². The van der Waals surface area contributed by atoms with Gasteiger partial charge in [0.2, 0.25) is 0 Å². The average molecular weight is 155 g/mol. The van der Waals surface area contributed by atoms with Gasteiger partial charge in [0.1, 0.15) is 0 Å². The zero-order valence-electron chi connectivity index (χ0n) is 3.65. The second kappa shape index (κ2) is 17.5. The molecule has 0 aliphatic heterocycles.